The first-order valence-corrected chi connectivity index (χ1v) is 7.62. The van der Waals surface area contributed by atoms with E-state index in [0.717, 1.165) is 22.7 Å². The number of hydrogen-bond acceptors (Lipinski definition) is 1. The second-order valence-electron chi connectivity index (χ2n) is 5.40. The Hall–Kier alpha value is -3.20. The molecule has 112 valence electrons. The summed E-state index contributed by atoms with van der Waals surface area (Å²) in [7, 11) is 0. The van der Waals surface area contributed by atoms with Crippen molar-refractivity contribution in [3.63, 3.8) is 0 Å². The largest absolute Gasteiger partial charge is 0.356 e. The lowest BCUT2D eigenvalue weighted by Gasteiger charge is -2.09. The average Bonchev–Trinajstić information content (AvgIpc) is 3.30. The molecule has 0 amide bonds. The monoisotopic (exact) mass is 299 g/mol. The van der Waals surface area contributed by atoms with Gasteiger partial charge in [0, 0.05) is 47.5 Å². The van der Waals surface area contributed by atoms with E-state index in [1.165, 1.54) is 0 Å². The van der Waals surface area contributed by atoms with E-state index in [2.05, 4.69) is 63.0 Å². The maximum atomic E-state index is 3.43. The van der Waals surface area contributed by atoms with E-state index in [1.807, 2.05) is 49.1 Å². The molecule has 3 heteroatoms. The smallest absolute Gasteiger partial charge is 0.0450 e. The van der Waals surface area contributed by atoms with Gasteiger partial charge in [-0.3, -0.25) is 0 Å². The Bertz CT molecular complexity index is 780. The van der Waals surface area contributed by atoms with Gasteiger partial charge in [0.25, 0.3) is 0 Å². The molecule has 0 aliphatic heterocycles. The van der Waals surface area contributed by atoms with Gasteiger partial charge < -0.3 is 14.5 Å². The summed E-state index contributed by atoms with van der Waals surface area (Å²) in [6, 6.07) is 24.9. The van der Waals surface area contributed by atoms with Crippen LogP contribution in [0.4, 0.5) is 11.4 Å². The SMILES string of the molecule is c1ccn(-c2ccc(Nc3ccc(-n4cccc4)cc3)cc2)c1. The summed E-state index contributed by atoms with van der Waals surface area (Å²) in [5.41, 5.74) is 4.47. The van der Waals surface area contributed by atoms with Crippen LogP contribution in [-0.2, 0) is 0 Å². The Labute approximate surface area is 135 Å². The molecular formula is C20H17N3. The minimum absolute atomic E-state index is 1.08. The number of anilines is 2. The first-order valence-electron chi connectivity index (χ1n) is 7.62. The maximum absolute atomic E-state index is 3.43. The van der Waals surface area contributed by atoms with Gasteiger partial charge in [0.15, 0.2) is 0 Å². The molecule has 0 bridgehead atoms. The maximum Gasteiger partial charge on any atom is 0.0450 e. The highest BCUT2D eigenvalue weighted by Crippen LogP contribution is 2.20. The van der Waals surface area contributed by atoms with E-state index in [-0.39, 0.29) is 0 Å². The number of nitrogens with one attached hydrogen (secondary N) is 1. The van der Waals surface area contributed by atoms with Crippen LogP contribution in [0.1, 0.15) is 0 Å². The predicted molar refractivity (Wildman–Crippen MR) is 94.8 cm³/mol. The van der Waals surface area contributed by atoms with Gasteiger partial charge in [-0.25, -0.2) is 0 Å². The summed E-state index contributed by atoms with van der Waals surface area (Å²) in [6.07, 6.45) is 8.18. The van der Waals surface area contributed by atoms with Crippen LogP contribution >= 0.6 is 0 Å². The third-order valence-corrected chi connectivity index (χ3v) is 3.83. The minimum Gasteiger partial charge on any atom is -0.356 e. The second-order valence-corrected chi connectivity index (χ2v) is 5.40. The first kappa shape index (κ1) is 13.5. The standard InChI is InChI=1S/C20H17N3/c1-2-14-22(13-1)19-9-5-17(6-10-19)21-18-7-11-20(12-8-18)23-15-3-4-16-23/h1-16,21H. The molecule has 0 aliphatic rings. The van der Waals surface area contributed by atoms with Crippen molar-refractivity contribution in [1.82, 2.24) is 9.13 Å². The van der Waals surface area contributed by atoms with Crippen LogP contribution in [0.25, 0.3) is 11.4 Å². The molecule has 0 unspecified atom stereocenters. The molecule has 3 nitrogen and oxygen atoms in total. The fourth-order valence-electron chi connectivity index (χ4n) is 2.61. The lowest BCUT2D eigenvalue weighted by atomic mass is 10.2. The zero-order valence-corrected chi connectivity index (χ0v) is 12.6. The van der Waals surface area contributed by atoms with Gasteiger partial charge >= 0.3 is 0 Å². The molecular weight excluding hydrogens is 282 g/mol. The molecule has 23 heavy (non-hydrogen) atoms. The topological polar surface area (TPSA) is 21.9 Å². The fraction of sp³-hybridized carbons (Fsp3) is 0. The van der Waals surface area contributed by atoms with Crippen LogP contribution in [0.3, 0.4) is 0 Å². The third-order valence-electron chi connectivity index (χ3n) is 3.83. The quantitative estimate of drug-likeness (QED) is 0.562. The van der Waals surface area contributed by atoms with E-state index in [4.69, 9.17) is 0 Å². The molecule has 0 radical (unpaired) electrons. The normalized spacial score (nSPS) is 10.6. The molecule has 2 aromatic heterocycles. The molecule has 4 rings (SSSR count). The van der Waals surface area contributed by atoms with Crippen molar-refractivity contribution in [1.29, 1.82) is 0 Å². The predicted octanol–water partition coefficient (Wildman–Crippen LogP) is 5.01. The zero-order valence-electron chi connectivity index (χ0n) is 12.6. The van der Waals surface area contributed by atoms with Crippen molar-refractivity contribution in [3.05, 3.63) is 97.6 Å². The van der Waals surface area contributed by atoms with Crippen LogP contribution in [0.2, 0.25) is 0 Å². The molecule has 0 spiro atoms. The van der Waals surface area contributed by atoms with Crippen LogP contribution in [0.15, 0.2) is 97.6 Å². The van der Waals surface area contributed by atoms with Crippen LogP contribution < -0.4 is 5.32 Å². The highest BCUT2D eigenvalue weighted by molar-refractivity contribution is 5.62. The average molecular weight is 299 g/mol. The highest BCUT2D eigenvalue weighted by atomic mass is 14.9. The van der Waals surface area contributed by atoms with Gasteiger partial charge in [-0.15, -0.1) is 0 Å². The first-order chi connectivity index (χ1) is 11.4. The van der Waals surface area contributed by atoms with Crippen LogP contribution in [0.5, 0.6) is 0 Å². The van der Waals surface area contributed by atoms with Crippen LogP contribution in [-0.4, -0.2) is 9.13 Å². The van der Waals surface area contributed by atoms with Crippen molar-refractivity contribution < 1.29 is 0 Å². The molecule has 0 saturated carbocycles. The number of hydrogen-bond donors (Lipinski definition) is 1. The van der Waals surface area contributed by atoms with E-state index in [0.29, 0.717) is 0 Å². The van der Waals surface area contributed by atoms with Gasteiger partial charge in [0.05, 0.1) is 0 Å². The van der Waals surface area contributed by atoms with Crippen molar-refractivity contribution in [2.24, 2.45) is 0 Å². The number of rotatable bonds is 4. The van der Waals surface area contributed by atoms with Gasteiger partial charge in [-0.2, -0.15) is 0 Å². The molecule has 0 aliphatic carbocycles. The Morgan fingerprint density at radius 1 is 0.478 bits per heavy atom. The second kappa shape index (κ2) is 5.89. The molecule has 4 aromatic rings. The Kier molecular flexibility index (Phi) is 3.45. The van der Waals surface area contributed by atoms with E-state index >= 15 is 0 Å². The summed E-state index contributed by atoms with van der Waals surface area (Å²) >= 11 is 0. The van der Waals surface area contributed by atoms with Crippen molar-refractivity contribution in [2.45, 2.75) is 0 Å². The lowest BCUT2D eigenvalue weighted by molar-refractivity contribution is 1.08. The van der Waals surface area contributed by atoms with E-state index in [9.17, 15) is 0 Å². The van der Waals surface area contributed by atoms with E-state index < -0.39 is 0 Å². The molecule has 0 fully saturated rings. The summed E-state index contributed by atoms with van der Waals surface area (Å²) in [5, 5.41) is 3.43. The molecule has 1 N–H and O–H groups in total. The van der Waals surface area contributed by atoms with Crippen LogP contribution in [0, 0.1) is 0 Å². The van der Waals surface area contributed by atoms with E-state index in [1.54, 1.807) is 0 Å². The number of benzene rings is 2. The summed E-state index contributed by atoms with van der Waals surface area (Å²) < 4.78 is 4.19. The van der Waals surface area contributed by atoms with Gasteiger partial charge in [-0.1, -0.05) is 0 Å². The molecule has 2 aromatic carbocycles. The number of nitrogens with zero attached hydrogens (tertiary/aromatic N) is 2. The van der Waals surface area contributed by atoms with Crippen molar-refractivity contribution in [2.75, 3.05) is 5.32 Å². The Balaban J connectivity index is 1.49. The summed E-state index contributed by atoms with van der Waals surface area (Å²) in [4.78, 5) is 0. The highest BCUT2D eigenvalue weighted by Gasteiger charge is 1.99. The lowest BCUT2D eigenvalue weighted by Crippen LogP contribution is -1.94. The minimum atomic E-state index is 1.08. The van der Waals surface area contributed by atoms with Gasteiger partial charge in [0.1, 0.15) is 0 Å². The van der Waals surface area contributed by atoms with Crippen molar-refractivity contribution >= 4 is 11.4 Å². The third kappa shape index (κ3) is 2.90. The molecule has 0 saturated heterocycles. The summed E-state index contributed by atoms with van der Waals surface area (Å²) in [5.74, 6) is 0. The number of aromatic nitrogens is 2. The fourth-order valence-corrected chi connectivity index (χ4v) is 2.61. The van der Waals surface area contributed by atoms with Gasteiger partial charge in [0.2, 0.25) is 0 Å². The van der Waals surface area contributed by atoms with Crippen molar-refractivity contribution in [3.8, 4) is 11.4 Å². The zero-order chi connectivity index (χ0) is 15.5. The summed E-state index contributed by atoms with van der Waals surface area (Å²) in [6.45, 7) is 0. The molecule has 0 atom stereocenters. The Morgan fingerprint density at radius 3 is 1.17 bits per heavy atom. The van der Waals surface area contributed by atoms with Gasteiger partial charge in [-0.05, 0) is 72.8 Å². The Morgan fingerprint density at radius 2 is 0.826 bits per heavy atom. The molecule has 2 heterocycles.